The van der Waals surface area contributed by atoms with Crippen LogP contribution in [-0.2, 0) is 6.42 Å². The van der Waals surface area contributed by atoms with Crippen LogP contribution in [0.5, 0.6) is 28.7 Å². The van der Waals surface area contributed by atoms with Crippen LogP contribution in [0.4, 0.5) is 0 Å². The maximum Gasteiger partial charge on any atom is 0.118 e. The molecule has 0 aliphatic carbocycles. The zero-order valence-corrected chi connectivity index (χ0v) is 25.4. The van der Waals surface area contributed by atoms with Gasteiger partial charge in [0, 0.05) is 0 Å². The van der Waals surface area contributed by atoms with Crippen LogP contribution in [0.3, 0.4) is 0 Å². The molecule has 5 aromatic carbocycles. The Bertz CT molecular complexity index is 1360. The minimum atomic E-state index is 0.322. The van der Waals surface area contributed by atoms with Crippen LogP contribution in [-0.4, -0.2) is 25.5 Å². The second kappa shape index (κ2) is 19.2. The lowest BCUT2D eigenvalue weighted by Crippen LogP contribution is -1.75. The molecule has 0 saturated heterocycles. The molecule has 0 aliphatic heterocycles. The van der Waals surface area contributed by atoms with Gasteiger partial charge in [0.15, 0.2) is 0 Å². The smallest absolute Gasteiger partial charge is 0.118 e. The highest BCUT2D eigenvalue weighted by atomic mass is 16.3. The molecule has 0 aromatic heterocycles. The Morgan fingerprint density at radius 1 is 0.405 bits per heavy atom. The van der Waals surface area contributed by atoms with Crippen molar-refractivity contribution in [3.8, 4) is 28.7 Å². The van der Waals surface area contributed by atoms with Gasteiger partial charge < -0.3 is 25.5 Å². The number of aromatic hydroxyl groups is 5. The van der Waals surface area contributed by atoms with Crippen molar-refractivity contribution in [3.05, 3.63) is 149 Å². The van der Waals surface area contributed by atoms with Crippen LogP contribution in [0.2, 0.25) is 0 Å². The summed E-state index contributed by atoms with van der Waals surface area (Å²) in [5.74, 6) is 1.75. The first-order valence-electron chi connectivity index (χ1n) is 13.7. The van der Waals surface area contributed by atoms with Crippen molar-refractivity contribution >= 4 is 0 Å². The quantitative estimate of drug-likeness (QED) is 0.139. The number of hydrogen-bond donors (Lipinski definition) is 5. The topological polar surface area (TPSA) is 101 Å². The van der Waals surface area contributed by atoms with Gasteiger partial charge in [-0.3, -0.25) is 0 Å². The molecule has 0 amide bonds. The van der Waals surface area contributed by atoms with Crippen LogP contribution in [0.15, 0.2) is 115 Å². The van der Waals surface area contributed by atoms with E-state index in [9.17, 15) is 0 Å². The van der Waals surface area contributed by atoms with Crippen LogP contribution in [0.25, 0.3) is 0 Å². The van der Waals surface area contributed by atoms with Crippen LogP contribution in [0.1, 0.15) is 40.3 Å². The number of phenolic OH excluding ortho intramolecular Hbond substituents is 5. The fourth-order valence-electron chi connectivity index (χ4n) is 3.23. The summed E-state index contributed by atoms with van der Waals surface area (Å²) in [5, 5.41) is 44.4. The first-order valence-corrected chi connectivity index (χ1v) is 13.7. The third-order valence-electron chi connectivity index (χ3n) is 5.85. The van der Waals surface area contributed by atoms with Gasteiger partial charge in [0.05, 0.1) is 0 Å². The Kier molecular flexibility index (Phi) is 16.1. The largest absolute Gasteiger partial charge is 0.508 e. The second-order valence-corrected chi connectivity index (χ2v) is 9.77. The molecular formula is C37H44O5. The van der Waals surface area contributed by atoms with Gasteiger partial charge in [-0.2, -0.15) is 0 Å². The number of hydrogen-bond acceptors (Lipinski definition) is 5. The van der Waals surface area contributed by atoms with Gasteiger partial charge in [-0.05, 0) is 112 Å². The molecular weight excluding hydrogens is 524 g/mol. The van der Waals surface area contributed by atoms with Crippen molar-refractivity contribution in [1.29, 1.82) is 0 Å². The van der Waals surface area contributed by atoms with Gasteiger partial charge >= 0.3 is 0 Å². The summed E-state index contributed by atoms with van der Waals surface area (Å²) in [6, 6.07) is 34.3. The summed E-state index contributed by atoms with van der Waals surface area (Å²) in [6.45, 7) is 11.8. The van der Waals surface area contributed by atoms with Gasteiger partial charge in [0.2, 0.25) is 0 Å². The number of benzene rings is 5. The Labute approximate surface area is 250 Å². The van der Waals surface area contributed by atoms with Crippen molar-refractivity contribution in [2.45, 2.75) is 48.0 Å². The molecule has 5 aromatic rings. The molecule has 0 aliphatic rings. The summed E-state index contributed by atoms with van der Waals surface area (Å²) in [4.78, 5) is 0. The molecule has 0 atom stereocenters. The lowest BCUT2D eigenvalue weighted by atomic mass is 10.1. The zero-order chi connectivity index (χ0) is 31.5. The van der Waals surface area contributed by atoms with E-state index in [0.29, 0.717) is 28.7 Å². The lowest BCUT2D eigenvalue weighted by Gasteiger charge is -1.97. The van der Waals surface area contributed by atoms with E-state index >= 15 is 0 Å². The molecule has 5 heteroatoms. The van der Waals surface area contributed by atoms with E-state index in [-0.39, 0.29) is 0 Å². The maximum atomic E-state index is 9.10. The Hall–Kier alpha value is -4.90. The van der Waals surface area contributed by atoms with E-state index in [4.69, 9.17) is 25.5 Å². The Balaban J connectivity index is 0.000000263. The summed E-state index contributed by atoms with van der Waals surface area (Å²) >= 11 is 0. The van der Waals surface area contributed by atoms with Crippen LogP contribution >= 0.6 is 0 Å². The highest BCUT2D eigenvalue weighted by molar-refractivity contribution is 5.35. The zero-order valence-electron chi connectivity index (χ0n) is 25.4. The minimum absolute atomic E-state index is 0.322. The third kappa shape index (κ3) is 15.6. The van der Waals surface area contributed by atoms with E-state index in [1.54, 1.807) is 60.7 Å². The maximum absolute atomic E-state index is 9.10. The van der Waals surface area contributed by atoms with Crippen molar-refractivity contribution in [2.75, 3.05) is 0 Å². The van der Waals surface area contributed by atoms with Crippen molar-refractivity contribution in [3.63, 3.8) is 0 Å². The predicted octanol–water partition coefficient (Wildman–Crippen LogP) is 9.07. The van der Waals surface area contributed by atoms with Gasteiger partial charge in [0.1, 0.15) is 28.7 Å². The Morgan fingerprint density at radius 2 is 0.857 bits per heavy atom. The molecule has 0 heterocycles. The molecule has 5 nitrogen and oxygen atoms in total. The molecule has 0 spiro atoms. The van der Waals surface area contributed by atoms with Gasteiger partial charge in [0.25, 0.3) is 0 Å². The standard InChI is InChI=1S/3C8H10O.C7H8O.C6H6O/c1-6-3-4-8(9)7(2)5-6;1-6-3-4-7(2)8(9)5-6;1-2-7-3-5-8(9)6-4-7;1-6-2-4-7(8)5-3-6;7-6-4-2-1-3-5-6/h2*3-5,9H,1-2H3;3-6,9H,2H2,1H3;2-5,8H,1H3;1-5,7H. The van der Waals surface area contributed by atoms with Crippen molar-refractivity contribution < 1.29 is 25.5 Å². The number of phenols is 5. The minimum Gasteiger partial charge on any atom is -0.508 e. The summed E-state index contributed by atoms with van der Waals surface area (Å²) in [6.07, 6.45) is 1.03. The van der Waals surface area contributed by atoms with Crippen molar-refractivity contribution in [1.82, 2.24) is 0 Å². The van der Waals surface area contributed by atoms with E-state index < -0.39 is 0 Å². The fourth-order valence-corrected chi connectivity index (χ4v) is 3.23. The highest BCUT2D eigenvalue weighted by Gasteiger charge is 1.93. The summed E-state index contributed by atoms with van der Waals surface area (Å²) < 4.78 is 0. The van der Waals surface area contributed by atoms with Crippen LogP contribution in [0, 0.1) is 34.6 Å². The fraction of sp³-hybridized carbons (Fsp3) is 0.189. The molecule has 0 fully saturated rings. The second-order valence-electron chi connectivity index (χ2n) is 9.77. The van der Waals surface area contributed by atoms with E-state index in [1.165, 1.54) is 16.7 Å². The monoisotopic (exact) mass is 568 g/mol. The van der Waals surface area contributed by atoms with Crippen LogP contribution < -0.4 is 0 Å². The molecule has 0 unspecified atom stereocenters. The van der Waals surface area contributed by atoms with E-state index in [1.807, 2.05) is 89.2 Å². The molecule has 0 bridgehead atoms. The van der Waals surface area contributed by atoms with E-state index in [2.05, 4.69) is 6.92 Å². The molecule has 5 N–H and O–H groups in total. The van der Waals surface area contributed by atoms with Gasteiger partial charge in [-0.1, -0.05) is 84.8 Å². The first-order chi connectivity index (χ1) is 19.9. The van der Waals surface area contributed by atoms with E-state index in [0.717, 1.165) is 23.1 Å². The average Bonchev–Trinajstić information content (AvgIpc) is 2.97. The first kappa shape index (κ1) is 35.1. The SMILES string of the molecule is CCc1ccc(O)cc1.Cc1ccc(C)c(O)c1.Cc1ccc(O)c(C)c1.Cc1ccc(O)cc1.Oc1ccccc1. The predicted molar refractivity (Wildman–Crippen MR) is 174 cm³/mol. The molecule has 0 saturated carbocycles. The van der Waals surface area contributed by atoms with Gasteiger partial charge in [-0.25, -0.2) is 0 Å². The number of para-hydroxylation sites is 1. The van der Waals surface area contributed by atoms with Gasteiger partial charge in [-0.15, -0.1) is 0 Å². The molecule has 222 valence electrons. The normalized spacial score (nSPS) is 9.29. The number of aryl methyl sites for hydroxylation is 6. The summed E-state index contributed by atoms with van der Waals surface area (Å²) in [7, 11) is 0. The van der Waals surface area contributed by atoms with Crippen molar-refractivity contribution in [2.24, 2.45) is 0 Å². The molecule has 42 heavy (non-hydrogen) atoms. The molecule has 5 rings (SSSR count). The lowest BCUT2D eigenvalue weighted by molar-refractivity contribution is 0.470. The molecule has 0 radical (unpaired) electrons. The Morgan fingerprint density at radius 3 is 1.24 bits per heavy atom. The highest BCUT2D eigenvalue weighted by Crippen LogP contribution is 2.16. The number of rotatable bonds is 1. The third-order valence-corrected chi connectivity index (χ3v) is 5.85. The summed E-state index contributed by atoms with van der Waals surface area (Å²) in [5.41, 5.74) is 6.58. The average molecular weight is 569 g/mol.